The first-order valence-electron chi connectivity index (χ1n) is 9.52. The topological polar surface area (TPSA) is 53.8 Å². The van der Waals surface area contributed by atoms with Gasteiger partial charge in [-0.3, -0.25) is 9.00 Å². The minimum atomic E-state index is -1.36. The highest BCUT2D eigenvalue weighted by molar-refractivity contribution is 7.84. The molecule has 1 aliphatic heterocycles. The van der Waals surface area contributed by atoms with E-state index in [1.54, 1.807) is 53.4 Å². The highest BCUT2D eigenvalue weighted by Crippen LogP contribution is 2.23. The van der Waals surface area contributed by atoms with Gasteiger partial charge in [-0.25, -0.2) is 4.39 Å². The average molecular weight is 447 g/mol. The van der Waals surface area contributed by atoms with E-state index in [4.69, 9.17) is 16.0 Å². The first kappa shape index (κ1) is 20.6. The lowest BCUT2D eigenvalue weighted by Crippen LogP contribution is -2.48. The number of hydrogen-bond donors (Lipinski definition) is 0. The van der Waals surface area contributed by atoms with Crippen LogP contribution in [0.25, 0.3) is 0 Å². The van der Waals surface area contributed by atoms with Crippen LogP contribution in [0.15, 0.2) is 70.0 Å². The van der Waals surface area contributed by atoms with Crippen LogP contribution in [0.2, 0.25) is 5.02 Å². The molecule has 3 aromatic rings. The van der Waals surface area contributed by atoms with Crippen LogP contribution in [0, 0.1) is 5.82 Å². The molecule has 0 spiro atoms. The fourth-order valence-corrected chi connectivity index (χ4v) is 4.86. The molecular formula is C22H20ClFN2O3S. The van der Waals surface area contributed by atoms with Gasteiger partial charge in [0.25, 0.3) is 5.91 Å². The predicted molar refractivity (Wildman–Crippen MR) is 115 cm³/mol. The molecule has 2 aromatic carbocycles. The van der Waals surface area contributed by atoms with Gasteiger partial charge in [-0.15, -0.1) is 0 Å². The number of halogens is 2. The van der Waals surface area contributed by atoms with Gasteiger partial charge >= 0.3 is 0 Å². The van der Waals surface area contributed by atoms with Crippen LogP contribution < -0.4 is 4.90 Å². The van der Waals surface area contributed by atoms with Crippen LogP contribution in [-0.2, 0) is 16.6 Å². The third-order valence-corrected chi connectivity index (χ3v) is 6.82. The molecule has 1 saturated heterocycles. The zero-order valence-corrected chi connectivity index (χ0v) is 17.7. The number of benzene rings is 2. The molecule has 8 heteroatoms. The quantitative estimate of drug-likeness (QED) is 0.585. The number of piperazine rings is 1. The van der Waals surface area contributed by atoms with Crippen LogP contribution in [-0.4, -0.2) is 41.2 Å². The highest BCUT2D eigenvalue weighted by Gasteiger charge is 2.25. The van der Waals surface area contributed by atoms with Gasteiger partial charge in [0.2, 0.25) is 0 Å². The first-order chi connectivity index (χ1) is 14.5. The van der Waals surface area contributed by atoms with Gasteiger partial charge in [-0.2, -0.15) is 0 Å². The summed E-state index contributed by atoms with van der Waals surface area (Å²) in [4.78, 5) is 17.2. The number of amides is 1. The van der Waals surface area contributed by atoms with Gasteiger partial charge in [0, 0.05) is 31.9 Å². The predicted octanol–water partition coefficient (Wildman–Crippen LogP) is 4.34. The lowest BCUT2D eigenvalue weighted by Gasteiger charge is -2.35. The second kappa shape index (κ2) is 9.02. The van der Waals surface area contributed by atoms with Gasteiger partial charge < -0.3 is 14.2 Å². The third-order valence-electron chi connectivity index (χ3n) is 4.99. The van der Waals surface area contributed by atoms with Crippen molar-refractivity contribution in [1.82, 2.24) is 4.90 Å². The molecule has 0 radical (unpaired) electrons. The van der Waals surface area contributed by atoms with E-state index in [2.05, 4.69) is 4.90 Å². The lowest BCUT2D eigenvalue weighted by atomic mass is 10.2. The summed E-state index contributed by atoms with van der Waals surface area (Å²) >= 11 is 6.10. The molecule has 0 saturated carbocycles. The highest BCUT2D eigenvalue weighted by atomic mass is 35.5. The minimum Gasteiger partial charge on any atom is -0.455 e. The Hall–Kier alpha value is -2.64. The minimum absolute atomic E-state index is 0.148. The second-order valence-electron chi connectivity index (χ2n) is 6.94. The summed E-state index contributed by atoms with van der Waals surface area (Å²) in [5, 5.41) is 0.442. The van der Waals surface area contributed by atoms with Crippen molar-refractivity contribution in [3.63, 3.8) is 0 Å². The molecule has 156 valence electrons. The van der Waals surface area contributed by atoms with Gasteiger partial charge in [0.1, 0.15) is 11.6 Å². The van der Waals surface area contributed by atoms with E-state index in [1.165, 1.54) is 12.1 Å². The second-order valence-corrected chi connectivity index (χ2v) is 8.77. The van der Waals surface area contributed by atoms with Crippen molar-refractivity contribution in [2.45, 2.75) is 10.6 Å². The molecule has 0 aliphatic carbocycles. The summed E-state index contributed by atoms with van der Waals surface area (Å²) in [6.45, 7) is 2.39. The number of carbonyl (C=O) groups is 1. The van der Waals surface area contributed by atoms with Crippen molar-refractivity contribution >= 4 is 34.0 Å². The fraction of sp³-hybridized carbons (Fsp3) is 0.227. The first-order valence-corrected chi connectivity index (χ1v) is 11.2. The smallest absolute Gasteiger partial charge is 0.289 e. The van der Waals surface area contributed by atoms with E-state index in [1.807, 2.05) is 0 Å². The molecular weight excluding hydrogens is 427 g/mol. The molecule has 4 rings (SSSR count). The Morgan fingerprint density at radius 3 is 2.40 bits per heavy atom. The monoisotopic (exact) mass is 446 g/mol. The lowest BCUT2D eigenvalue weighted by molar-refractivity contribution is 0.0713. The Morgan fingerprint density at radius 1 is 1.00 bits per heavy atom. The number of nitrogens with zero attached hydrogens (tertiary/aromatic N) is 2. The Labute approximate surface area is 181 Å². The average Bonchev–Trinajstić information content (AvgIpc) is 3.22. The van der Waals surface area contributed by atoms with Crippen molar-refractivity contribution in [3.05, 3.63) is 83.0 Å². The zero-order valence-electron chi connectivity index (χ0n) is 16.1. The zero-order chi connectivity index (χ0) is 21.1. The van der Waals surface area contributed by atoms with E-state index in [-0.39, 0.29) is 23.2 Å². The summed E-state index contributed by atoms with van der Waals surface area (Å²) in [6, 6.07) is 16.6. The maximum atomic E-state index is 13.1. The van der Waals surface area contributed by atoms with E-state index in [9.17, 15) is 13.4 Å². The number of carbonyl (C=O) groups excluding carboxylic acids is 1. The summed E-state index contributed by atoms with van der Waals surface area (Å²) in [5.74, 6) is 0.396. The van der Waals surface area contributed by atoms with Crippen molar-refractivity contribution < 1.29 is 17.8 Å². The number of hydrogen-bond acceptors (Lipinski definition) is 4. The van der Waals surface area contributed by atoms with Crippen molar-refractivity contribution in [3.8, 4) is 0 Å². The molecule has 1 atom stereocenters. The van der Waals surface area contributed by atoms with E-state index >= 15 is 0 Å². The number of furan rings is 1. The Morgan fingerprint density at radius 2 is 1.70 bits per heavy atom. The fourth-order valence-electron chi connectivity index (χ4n) is 3.38. The molecule has 1 fully saturated rings. The Bertz CT molecular complexity index is 1060. The summed E-state index contributed by atoms with van der Waals surface area (Å²) in [5.41, 5.74) is 0.936. The van der Waals surface area contributed by atoms with Gasteiger partial charge in [-0.1, -0.05) is 23.7 Å². The van der Waals surface area contributed by atoms with Gasteiger partial charge in [-0.05, 0) is 48.5 Å². The summed E-state index contributed by atoms with van der Waals surface area (Å²) < 4.78 is 31.3. The molecule has 5 nitrogen and oxygen atoms in total. The van der Waals surface area contributed by atoms with Crippen LogP contribution in [0.3, 0.4) is 0 Å². The van der Waals surface area contributed by atoms with Crippen LogP contribution in [0.1, 0.15) is 16.3 Å². The number of rotatable bonds is 5. The molecule has 2 heterocycles. The van der Waals surface area contributed by atoms with E-state index < -0.39 is 10.8 Å². The maximum Gasteiger partial charge on any atom is 0.289 e. The number of anilines is 1. The molecule has 0 N–H and O–H groups in total. The normalized spacial score (nSPS) is 15.3. The largest absolute Gasteiger partial charge is 0.455 e. The van der Waals surface area contributed by atoms with Crippen LogP contribution in [0.5, 0.6) is 0 Å². The van der Waals surface area contributed by atoms with Crippen molar-refractivity contribution in [1.29, 1.82) is 0 Å². The molecule has 30 heavy (non-hydrogen) atoms. The SMILES string of the molecule is O=C(c1ccc(C[S@@](=O)c2ccccc2Cl)o1)N1CCN(c2ccc(F)cc2)CC1. The third kappa shape index (κ3) is 4.57. The van der Waals surface area contributed by atoms with Crippen LogP contribution in [0.4, 0.5) is 10.1 Å². The Kier molecular flexibility index (Phi) is 6.20. The van der Waals surface area contributed by atoms with E-state index in [0.29, 0.717) is 41.9 Å². The van der Waals surface area contributed by atoms with Gasteiger partial charge in [0.15, 0.2) is 5.76 Å². The molecule has 0 unspecified atom stereocenters. The maximum absolute atomic E-state index is 13.1. The molecule has 0 bridgehead atoms. The molecule has 1 aromatic heterocycles. The van der Waals surface area contributed by atoms with E-state index in [0.717, 1.165) is 5.69 Å². The Balaban J connectivity index is 1.36. The molecule has 1 aliphatic rings. The van der Waals surface area contributed by atoms with Crippen LogP contribution >= 0.6 is 11.6 Å². The van der Waals surface area contributed by atoms with Gasteiger partial charge in [0.05, 0.1) is 26.5 Å². The molecule has 1 amide bonds. The van der Waals surface area contributed by atoms with Crippen molar-refractivity contribution in [2.75, 3.05) is 31.1 Å². The summed E-state index contributed by atoms with van der Waals surface area (Å²) in [7, 11) is -1.36. The van der Waals surface area contributed by atoms with Crippen molar-refractivity contribution in [2.24, 2.45) is 0 Å². The standard InChI is InChI=1S/C22H20ClFN2O3S/c23-19-3-1-2-4-21(19)30(28)15-18-9-10-20(29-18)22(27)26-13-11-25(12-14-26)17-7-5-16(24)6-8-17/h1-10H,11-15H2/t30-/m1/s1. The summed E-state index contributed by atoms with van der Waals surface area (Å²) in [6.07, 6.45) is 0.